The van der Waals surface area contributed by atoms with Crippen LogP contribution in [0.1, 0.15) is 11.4 Å². The first-order valence-corrected chi connectivity index (χ1v) is 6.47. The molecule has 0 spiro atoms. The molecular formula is C16H15N3O. The van der Waals surface area contributed by atoms with Crippen molar-refractivity contribution in [1.82, 2.24) is 14.8 Å². The number of hydrogen-bond donors (Lipinski definition) is 1. The Hall–Kier alpha value is -2.62. The molecule has 0 aliphatic heterocycles. The molecule has 0 saturated heterocycles. The predicted molar refractivity (Wildman–Crippen MR) is 79.1 cm³/mol. The van der Waals surface area contributed by atoms with Crippen LogP contribution in [0.3, 0.4) is 0 Å². The smallest absolute Gasteiger partial charge is 0.184 e. The van der Waals surface area contributed by atoms with Gasteiger partial charge in [-0.25, -0.2) is 4.68 Å². The van der Waals surface area contributed by atoms with E-state index in [1.165, 1.54) is 0 Å². The number of hydrogen-bond acceptors (Lipinski definition) is 2. The maximum absolute atomic E-state index is 11.9. The van der Waals surface area contributed by atoms with Crippen molar-refractivity contribution < 1.29 is 0 Å². The number of rotatable bonds is 2. The molecule has 2 aromatic heterocycles. The van der Waals surface area contributed by atoms with Gasteiger partial charge in [-0.05, 0) is 25.5 Å². The third-order valence-electron chi connectivity index (χ3n) is 3.15. The van der Waals surface area contributed by atoms with E-state index in [2.05, 4.69) is 10.1 Å². The fourth-order valence-corrected chi connectivity index (χ4v) is 2.29. The lowest BCUT2D eigenvalue weighted by atomic mass is 10.1. The molecule has 1 N–H and O–H groups in total. The Morgan fingerprint density at radius 1 is 1.05 bits per heavy atom. The zero-order chi connectivity index (χ0) is 14.1. The van der Waals surface area contributed by atoms with Gasteiger partial charge in [-0.15, -0.1) is 0 Å². The van der Waals surface area contributed by atoms with E-state index in [0.29, 0.717) is 5.82 Å². The minimum atomic E-state index is -0.0369. The van der Waals surface area contributed by atoms with Gasteiger partial charge in [0, 0.05) is 17.8 Å². The van der Waals surface area contributed by atoms with E-state index < -0.39 is 0 Å². The molecular weight excluding hydrogens is 250 g/mol. The molecule has 0 radical (unpaired) electrons. The van der Waals surface area contributed by atoms with Crippen LogP contribution in [0.5, 0.6) is 0 Å². The number of H-pyrrole nitrogens is 1. The number of benzene rings is 1. The summed E-state index contributed by atoms with van der Waals surface area (Å²) < 4.78 is 1.75. The Labute approximate surface area is 116 Å². The van der Waals surface area contributed by atoms with Crippen molar-refractivity contribution >= 4 is 0 Å². The normalized spacial score (nSPS) is 10.7. The van der Waals surface area contributed by atoms with Crippen molar-refractivity contribution in [1.29, 1.82) is 0 Å². The Morgan fingerprint density at radius 3 is 2.45 bits per heavy atom. The van der Waals surface area contributed by atoms with E-state index in [1.807, 2.05) is 50.2 Å². The average molecular weight is 265 g/mol. The lowest BCUT2D eigenvalue weighted by Gasteiger charge is -2.08. The second-order valence-corrected chi connectivity index (χ2v) is 4.82. The number of nitrogens with zero attached hydrogens (tertiary/aromatic N) is 2. The molecule has 0 aliphatic rings. The highest BCUT2D eigenvalue weighted by atomic mass is 16.1. The van der Waals surface area contributed by atoms with Crippen molar-refractivity contribution in [2.24, 2.45) is 0 Å². The number of aromatic amines is 1. The van der Waals surface area contributed by atoms with Gasteiger partial charge in [0.1, 0.15) is 5.82 Å². The summed E-state index contributed by atoms with van der Waals surface area (Å²) >= 11 is 0. The van der Waals surface area contributed by atoms with Gasteiger partial charge in [0.2, 0.25) is 0 Å². The second-order valence-electron chi connectivity index (χ2n) is 4.82. The van der Waals surface area contributed by atoms with Gasteiger partial charge in [-0.1, -0.05) is 30.3 Å². The molecule has 3 rings (SSSR count). The van der Waals surface area contributed by atoms with Crippen molar-refractivity contribution in [3.05, 3.63) is 70.1 Å². The Bertz CT molecular complexity index is 800. The van der Waals surface area contributed by atoms with Crippen LogP contribution >= 0.6 is 0 Å². The van der Waals surface area contributed by atoms with Crippen LogP contribution in [0.25, 0.3) is 17.1 Å². The van der Waals surface area contributed by atoms with Crippen LogP contribution in [0.2, 0.25) is 0 Å². The number of pyridine rings is 1. The first-order valence-electron chi connectivity index (χ1n) is 6.47. The van der Waals surface area contributed by atoms with Gasteiger partial charge in [0.05, 0.1) is 11.4 Å². The first kappa shape index (κ1) is 12.4. The molecule has 4 nitrogen and oxygen atoms in total. The zero-order valence-corrected chi connectivity index (χ0v) is 11.4. The Morgan fingerprint density at radius 2 is 1.80 bits per heavy atom. The molecule has 4 heteroatoms. The van der Waals surface area contributed by atoms with Crippen molar-refractivity contribution in [3.63, 3.8) is 0 Å². The minimum absolute atomic E-state index is 0.0369. The summed E-state index contributed by atoms with van der Waals surface area (Å²) in [5.74, 6) is 0.682. The third kappa shape index (κ3) is 2.28. The highest BCUT2D eigenvalue weighted by molar-refractivity contribution is 5.59. The Balaban J connectivity index is 2.17. The molecule has 0 fully saturated rings. The van der Waals surface area contributed by atoms with E-state index in [9.17, 15) is 4.79 Å². The van der Waals surface area contributed by atoms with Crippen molar-refractivity contribution in [2.75, 3.05) is 0 Å². The first-order chi connectivity index (χ1) is 9.63. The summed E-state index contributed by atoms with van der Waals surface area (Å²) in [4.78, 5) is 15.2. The van der Waals surface area contributed by atoms with Crippen LogP contribution in [-0.4, -0.2) is 14.8 Å². The molecule has 0 unspecified atom stereocenters. The molecule has 0 saturated carbocycles. The standard InChI is InChI=1S/C16H15N3O/c1-11-8-12(2)19(18-11)16-10-14(20)9-15(17-16)13-6-4-3-5-7-13/h3-10H,1-2H3,(H,17,20). The van der Waals surface area contributed by atoms with Gasteiger partial charge in [0.15, 0.2) is 5.43 Å². The summed E-state index contributed by atoms with van der Waals surface area (Å²) in [5.41, 5.74) is 3.65. The molecule has 20 heavy (non-hydrogen) atoms. The van der Waals surface area contributed by atoms with Crippen molar-refractivity contribution in [3.8, 4) is 17.1 Å². The largest absolute Gasteiger partial charge is 0.339 e. The van der Waals surface area contributed by atoms with Crippen LogP contribution in [0.15, 0.2) is 53.3 Å². The summed E-state index contributed by atoms with van der Waals surface area (Å²) in [5, 5.41) is 4.40. The Kier molecular flexibility index (Phi) is 2.99. The predicted octanol–water partition coefficient (Wildman–Crippen LogP) is 2.84. The van der Waals surface area contributed by atoms with E-state index >= 15 is 0 Å². The van der Waals surface area contributed by atoms with E-state index in [4.69, 9.17) is 0 Å². The number of nitrogens with one attached hydrogen (secondary N) is 1. The summed E-state index contributed by atoms with van der Waals surface area (Å²) in [6, 6.07) is 14.9. The summed E-state index contributed by atoms with van der Waals surface area (Å²) in [6.45, 7) is 3.90. The maximum Gasteiger partial charge on any atom is 0.184 e. The molecule has 0 bridgehead atoms. The lowest BCUT2D eigenvalue weighted by Crippen LogP contribution is -2.09. The van der Waals surface area contributed by atoms with Crippen LogP contribution < -0.4 is 5.43 Å². The van der Waals surface area contributed by atoms with E-state index in [0.717, 1.165) is 22.6 Å². The summed E-state index contributed by atoms with van der Waals surface area (Å²) in [7, 11) is 0. The second kappa shape index (κ2) is 4.81. The van der Waals surface area contributed by atoms with Gasteiger partial charge >= 0.3 is 0 Å². The van der Waals surface area contributed by atoms with E-state index in [-0.39, 0.29) is 5.43 Å². The molecule has 100 valence electrons. The maximum atomic E-state index is 11.9. The quantitative estimate of drug-likeness (QED) is 0.774. The van der Waals surface area contributed by atoms with Crippen LogP contribution in [-0.2, 0) is 0 Å². The molecule has 1 aromatic carbocycles. The number of aryl methyl sites for hydroxylation is 2. The molecule has 0 atom stereocenters. The molecule has 0 amide bonds. The van der Waals surface area contributed by atoms with Gasteiger partial charge in [-0.3, -0.25) is 4.79 Å². The third-order valence-corrected chi connectivity index (χ3v) is 3.15. The lowest BCUT2D eigenvalue weighted by molar-refractivity contribution is 0.806. The van der Waals surface area contributed by atoms with Crippen LogP contribution in [0, 0.1) is 13.8 Å². The fourth-order valence-electron chi connectivity index (χ4n) is 2.29. The SMILES string of the molecule is Cc1cc(C)n(-c2cc(=O)cc(-c3ccccc3)[nH]2)n1. The van der Waals surface area contributed by atoms with Crippen LogP contribution in [0.4, 0.5) is 0 Å². The molecule has 0 aliphatic carbocycles. The fraction of sp³-hybridized carbons (Fsp3) is 0.125. The average Bonchev–Trinajstić information content (AvgIpc) is 2.78. The monoisotopic (exact) mass is 265 g/mol. The van der Waals surface area contributed by atoms with E-state index in [1.54, 1.807) is 16.8 Å². The number of aromatic nitrogens is 3. The zero-order valence-electron chi connectivity index (χ0n) is 11.4. The van der Waals surface area contributed by atoms with Gasteiger partial charge in [0.25, 0.3) is 0 Å². The highest BCUT2D eigenvalue weighted by Crippen LogP contribution is 2.17. The molecule has 2 heterocycles. The van der Waals surface area contributed by atoms with Gasteiger partial charge < -0.3 is 4.98 Å². The molecule has 3 aromatic rings. The summed E-state index contributed by atoms with van der Waals surface area (Å²) in [6.07, 6.45) is 0. The highest BCUT2D eigenvalue weighted by Gasteiger charge is 2.07. The topological polar surface area (TPSA) is 50.7 Å². The minimum Gasteiger partial charge on any atom is -0.339 e. The van der Waals surface area contributed by atoms with Gasteiger partial charge in [-0.2, -0.15) is 5.10 Å². The van der Waals surface area contributed by atoms with Crippen molar-refractivity contribution in [2.45, 2.75) is 13.8 Å².